The van der Waals surface area contributed by atoms with Gasteiger partial charge in [0.2, 0.25) is 5.78 Å². The second-order valence-electron chi connectivity index (χ2n) is 7.88. The quantitative estimate of drug-likeness (QED) is 0.799. The fraction of sp³-hybridized carbons (Fsp3) is 0.609. The minimum atomic E-state index is -0.563. The molecule has 0 radical (unpaired) electrons. The maximum Gasteiger partial charge on any atom is 0.227 e. The average Bonchev–Trinajstić information content (AvgIpc) is 2.70. The van der Waals surface area contributed by atoms with Gasteiger partial charge in [-0.15, -0.1) is 0 Å². The standard InChI is InChI=1S/C21H26O4.C2H6/c1-21-8-4-3-5-16(21)20(25-2)19(24)15-9-14-13(10-17(15)21)12(11-22)6-7-18(14)23;1-2/h9-10,12,18,22-23H,3-8,11H2,1-2H3;1-2H3. The number of hydrogen-bond donors (Lipinski definition) is 2. The molecule has 3 atom stereocenters. The number of fused-ring (bicyclic) bond motifs is 4. The van der Waals surface area contributed by atoms with Crippen LogP contribution in [0.2, 0.25) is 0 Å². The number of ether oxygens (including phenoxy) is 1. The summed E-state index contributed by atoms with van der Waals surface area (Å²) in [6.45, 7) is 6.29. The summed E-state index contributed by atoms with van der Waals surface area (Å²) in [5, 5.41) is 20.2. The van der Waals surface area contributed by atoms with E-state index in [1.807, 2.05) is 19.9 Å². The van der Waals surface area contributed by atoms with Gasteiger partial charge in [0, 0.05) is 23.5 Å². The van der Waals surface area contributed by atoms with Gasteiger partial charge in [-0.05, 0) is 60.4 Å². The summed E-state index contributed by atoms with van der Waals surface area (Å²) in [6.07, 6.45) is 4.96. The first-order chi connectivity index (χ1) is 13.0. The van der Waals surface area contributed by atoms with Gasteiger partial charge >= 0.3 is 0 Å². The molecule has 1 saturated carbocycles. The van der Waals surface area contributed by atoms with E-state index in [4.69, 9.17) is 4.74 Å². The van der Waals surface area contributed by atoms with Crippen LogP contribution in [0, 0.1) is 0 Å². The van der Waals surface area contributed by atoms with E-state index in [1.54, 1.807) is 7.11 Å². The number of methoxy groups -OCH3 is 1. The summed E-state index contributed by atoms with van der Waals surface area (Å²) >= 11 is 0. The molecule has 27 heavy (non-hydrogen) atoms. The third-order valence-corrected chi connectivity index (χ3v) is 6.57. The largest absolute Gasteiger partial charge is 0.493 e. The number of ketones is 1. The van der Waals surface area contributed by atoms with Crippen LogP contribution >= 0.6 is 0 Å². The van der Waals surface area contributed by atoms with Gasteiger partial charge in [-0.1, -0.05) is 33.3 Å². The minimum absolute atomic E-state index is 0.0437. The van der Waals surface area contributed by atoms with E-state index in [9.17, 15) is 15.0 Å². The Kier molecular flexibility index (Phi) is 5.78. The fourth-order valence-corrected chi connectivity index (χ4v) is 5.12. The van der Waals surface area contributed by atoms with Crippen molar-refractivity contribution in [3.63, 3.8) is 0 Å². The summed E-state index contributed by atoms with van der Waals surface area (Å²) in [7, 11) is 1.58. The van der Waals surface area contributed by atoms with E-state index in [0.29, 0.717) is 17.7 Å². The highest BCUT2D eigenvalue weighted by molar-refractivity contribution is 6.11. The molecule has 1 fully saturated rings. The molecule has 148 valence electrons. The first-order valence-corrected chi connectivity index (χ1v) is 10.3. The van der Waals surface area contributed by atoms with Crippen molar-refractivity contribution >= 4 is 5.78 Å². The predicted molar refractivity (Wildman–Crippen MR) is 106 cm³/mol. The molecular weight excluding hydrogens is 340 g/mol. The number of Topliss-reactive ketones (excluding diaryl/α,β-unsaturated/α-hetero) is 1. The number of carbonyl (C=O) groups excluding carboxylic acids is 1. The lowest BCUT2D eigenvalue weighted by molar-refractivity contribution is 0.0928. The Morgan fingerprint density at radius 2 is 1.93 bits per heavy atom. The molecule has 3 aliphatic rings. The zero-order valence-electron chi connectivity index (χ0n) is 17.0. The molecule has 0 aromatic heterocycles. The highest BCUT2D eigenvalue weighted by Gasteiger charge is 2.45. The number of benzene rings is 1. The molecule has 3 unspecified atom stereocenters. The summed E-state index contributed by atoms with van der Waals surface area (Å²) < 4.78 is 5.54. The normalized spacial score (nSPS) is 29.2. The first kappa shape index (κ1) is 20.1. The highest BCUT2D eigenvalue weighted by Crippen LogP contribution is 2.51. The van der Waals surface area contributed by atoms with Gasteiger partial charge in [0.05, 0.1) is 13.2 Å². The number of hydrogen-bond acceptors (Lipinski definition) is 4. The smallest absolute Gasteiger partial charge is 0.227 e. The predicted octanol–water partition coefficient (Wildman–Crippen LogP) is 4.54. The third kappa shape index (κ3) is 3.03. The topological polar surface area (TPSA) is 66.8 Å². The van der Waals surface area contributed by atoms with Crippen molar-refractivity contribution in [2.24, 2.45) is 0 Å². The lowest BCUT2D eigenvalue weighted by atomic mass is 9.61. The minimum Gasteiger partial charge on any atom is -0.493 e. The Labute approximate surface area is 162 Å². The maximum atomic E-state index is 13.1. The number of aliphatic hydroxyl groups excluding tert-OH is 2. The van der Waals surface area contributed by atoms with E-state index >= 15 is 0 Å². The second-order valence-corrected chi connectivity index (χ2v) is 7.88. The average molecular weight is 373 g/mol. The summed E-state index contributed by atoms with van der Waals surface area (Å²) in [4.78, 5) is 13.1. The maximum absolute atomic E-state index is 13.1. The van der Waals surface area contributed by atoms with Crippen molar-refractivity contribution in [3.8, 4) is 0 Å². The first-order valence-electron chi connectivity index (χ1n) is 10.3. The van der Waals surface area contributed by atoms with Crippen LogP contribution in [0.3, 0.4) is 0 Å². The lowest BCUT2D eigenvalue weighted by Crippen LogP contribution is -2.37. The molecule has 4 heteroatoms. The van der Waals surface area contributed by atoms with E-state index in [0.717, 1.165) is 54.4 Å². The molecule has 0 amide bonds. The zero-order valence-corrected chi connectivity index (χ0v) is 17.0. The Morgan fingerprint density at radius 1 is 1.19 bits per heavy atom. The van der Waals surface area contributed by atoms with Gasteiger partial charge in [0.15, 0.2) is 5.76 Å². The van der Waals surface area contributed by atoms with Gasteiger partial charge in [-0.3, -0.25) is 4.79 Å². The van der Waals surface area contributed by atoms with Gasteiger partial charge in [0.1, 0.15) is 0 Å². The van der Waals surface area contributed by atoms with Crippen LogP contribution in [0.4, 0.5) is 0 Å². The Balaban J connectivity index is 0.00000102. The summed E-state index contributed by atoms with van der Waals surface area (Å²) in [5.74, 6) is 0.480. The number of aliphatic hydroxyl groups is 2. The molecule has 1 aromatic rings. The Bertz CT molecular complexity index is 764. The van der Waals surface area contributed by atoms with Crippen molar-refractivity contribution in [2.45, 2.75) is 76.7 Å². The van der Waals surface area contributed by atoms with E-state index in [1.165, 1.54) is 0 Å². The SMILES string of the molecule is CC.COC1=C2CCCCC2(C)c2cc3c(cc2C1=O)C(O)CCC3CO. The molecule has 1 aromatic carbocycles. The molecule has 0 bridgehead atoms. The van der Waals surface area contributed by atoms with E-state index in [-0.39, 0.29) is 23.7 Å². The van der Waals surface area contributed by atoms with Crippen LogP contribution in [0.5, 0.6) is 0 Å². The zero-order chi connectivity index (χ0) is 19.8. The van der Waals surface area contributed by atoms with Crippen LogP contribution in [0.1, 0.15) is 98.4 Å². The van der Waals surface area contributed by atoms with E-state index < -0.39 is 6.10 Å². The van der Waals surface area contributed by atoms with Gasteiger partial charge < -0.3 is 14.9 Å². The van der Waals surface area contributed by atoms with Crippen LogP contribution in [0.15, 0.2) is 23.5 Å². The van der Waals surface area contributed by atoms with Crippen LogP contribution in [-0.4, -0.2) is 29.7 Å². The highest BCUT2D eigenvalue weighted by atomic mass is 16.5. The van der Waals surface area contributed by atoms with Crippen molar-refractivity contribution < 1.29 is 19.7 Å². The van der Waals surface area contributed by atoms with Crippen molar-refractivity contribution in [3.05, 3.63) is 45.7 Å². The molecule has 0 aliphatic heterocycles. The summed E-state index contributed by atoms with van der Waals surface area (Å²) in [6, 6.07) is 3.97. The molecule has 0 spiro atoms. The van der Waals surface area contributed by atoms with Crippen LogP contribution < -0.4 is 0 Å². The molecule has 2 N–H and O–H groups in total. The Morgan fingerprint density at radius 3 is 2.59 bits per heavy atom. The monoisotopic (exact) mass is 372 g/mol. The van der Waals surface area contributed by atoms with Crippen LogP contribution in [0.25, 0.3) is 0 Å². The second kappa shape index (κ2) is 7.76. The van der Waals surface area contributed by atoms with Crippen molar-refractivity contribution in [1.82, 2.24) is 0 Å². The summed E-state index contributed by atoms with van der Waals surface area (Å²) in [5.41, 5.74) is 4.47. The Hall–Kier alpha value is -1.65. The van der Waals surface area contributed by atoms with E-state index in [2.05, 4.69) is 13.0 Å². The number of carbonyl (C=O) groups is 1. The van der Waals surface area contributed by atoms with Gasteiger partial charge in [-0.25, -0.2) is 0 Å². The van der Waals surface area contributed by atoms with Crippen molar-refractivity contribution in [1.29, 1.82) is 0 Å². The molecular formula is C23H32O4. The fourth-order valence-electron chi connectivity index (χ4n) is 5.12. The number of rotatable bonds is 2. The molecule has 0 heterocycles. The van der Waals surface area contributed by atoms with Crippen LogP contribution in [-0.2, 0) is 10.2 Å². The lowest BCUT2D eigenvalue weighted by Gasteiger charge is -2.43. The van der Waals surface area contributed by atoms with Gasteiger partial charge in [-0.2, -0.15) is 0 Å². The molecule has 3 aliphatic carbocycles. The number of allylic oxidation sites excluding steroid dienone is 2. The molecule has 4 rings (SSSR count). The molecule has 0 saturated heterocycles. The molecule has 4 nitrogen and oxygen atoms in total. The van der Waals surface area contributed by atoms with Gasteiger partial charge in [0.25, 0.3) is 0 Å². The van der Waals surface area contributed by atoms with Crippen molar-refractivity contribution in [2.75, 3.05) is 13.7 Å². The third-order valence-electron chi connectivity index (χ3n) is 6.57.